The van der Waals surface area contributed by atoms with Crippen LogP contribution in [0.15, 0.2) is 18.2 Å². The summed E-state index contributed by atoms with van der Waals surface area (Å²) in [6.45, 7) is 6.00. The highest BCUT2D eigenvalue weighted by Crippen LogP contribution is 2.27. The number of hydrogen-bond acceptors (Lipinski definition) is 2. The Hall–Kier alpha value is -0.440. The van der Waals surface area contributed by atoms with Crippen molar-refractivity contribution in [3.05, 3.63) is 28.8 Å². The van der Waals surface area contributed by atoms with Crippen LogP contribution < -0.4 is 4.90 Å². The van der Waals surface area contributed by atoms with E-state index in [9.17, 15) is 0 Å². The van der Waals surface area contributed by atoms with Gasteiger partial charge in [-0.3, -0.25) is 0 Å². The van der Waals surface area contributed by atoms with Crippen LogP contribution in [0.2, 0.25) is 5.02 Å². The Morgan fingerprint density at radius 2 is 1.94 bits per heavy atom. The van der Waals surface area contributed by atoms with E-state index in [4.69, 9.17) is 27.9 Å². The van der Waals surface area contributed by atoms with E-state index < -0.39 is 0 Å². The number of nitrogens with zero attached hydrogens (tertiary/aromatic N) is 1. The zero-order valence-electron chi connectivity index (χ0n) is 10.1. The lowest BCUT2D eigenvalue weighted by Gasteiger charge is -2.37. The van der Waals surface area contributed by atoms with Gasteiger partial charge >= 0.3 is 0 Å². The third-order valence-electron chi connectivity index (χ3n) is 2.97. The van der Waals surface area contributed by atoms with Crippen LogP contribution in [-0.4, -0.2) is 25.3 Å². The summed E-state index contributed by atoms with van der Waals surface area (Å²) in [4.78, 5) is 2.31. The van der Waals surface area contributed by atoms with Crippen LogP contribution in [-0.2, 0) is 10.6 Å². The fraction of sp³-hybridized carbons (Fsp3) is 0.538. The van der Waals surface area contributed by atoms with Crippen LogP contribution >= 0.6 is 23.2 Å². The average Bonchev–Trinajstić information content (AvgIpc) is 2.27. The second kappa shape index (κ2) is 5.47. The van der Waals surface area contributed by atoms with Gasteiger partial charge in [0, 0.05) is 29.7 Å². The molecule has 0 aliphatic carbocycles. The number of halogens is 2. The van der Waals surface area contributed by atoms with Gasteiger partial charge in [-0.1, -0.05) is 17.7 Å². The van der Waals surface area contributed by atoms with E-state index >= 15 is 0 Å². The van der Waals surface area contributed by atoms with Crippen molar-refractivity contribution >= 4 is 28.9 Å². The van der Waals surface area contributed by atoms with E-state index in [1.807, 2.05) is 12.1 Å². The molecule has 1 aromatic rings. The lowest BCUT2D eigenvalue weighted by atomic mass is 10.1. The quantitative estimate of drug-likeness (QED) is 0.762. The molecular formula is C13H17Cl2NO. The Kier molecular flexibility index (Phi) is 4.18. The van der Waals surface area contributed by atoms with Crippen LogP contribution in [0.5, 0.6) is 0 Å². The highest BCUT2D eigenvalue weighted by atomic mass is 35.5. The first kappa shape index (κ1) is 13.0. The molecule has 4 heteroatoms. The number of anilines is 1. The monoisotopic (exact) mass is 273 g/mol. The maximum Gasteiger partial charge on any atom is 0.0726 e. The Morgan fingerprint density at radius 1 is 1.29 bits per heavy atom. The van der Waals surface area contributed by atoms with E-state index in [2.05, 4.69) is 24.8 Å². The number of morpholine rings is 1. The molecule has 0 bridgehead atoms. The summed E-state index contributed by atoms with van der Waals surface area (Å²) < 4.78 is 5.72. The van der Waals surface area contributed by atoms with Gasteiger partial charge in [-0.2, -0.15) is 0 Å². The van der Waals surface area contributed by atoms with Crippen molar-refractivity contribution in [1.29, 1.82) is 0 Å². The van der Waals surface area contributed by atoms with Crippen LogP contribution in [0.4, 0.5) is 5.69 Å². The van der Waals surface area contributed by atoms with Crippen molar-refractivity contribution < 1.29 is 4.74 Å². The normalized spacial score (nSPS) is 25.1. The summed E-state index contributed by atoms with van der Waals surface area (Å²) in [7, 11) is 0. The number of hydrogen-bond donors (Lipinski definition) is 0. The molecule has 1 aliphatic heterocycles. The van der Waals surface area contributed by atoms with Crippen LogP contribution in [0.1, 0.15) is 19.4 Å². The molecule has 0 N–H and O–H groups in total. The summed E-state index contributed by atoms with van der Waals surface area (Å²) in [6.07, 6.45) is 0.510. The molecule has 0 saturated carbocycles. The summed E-state index contributed by atoms with van der Waals surface area (Å²) in [5.74, 6) is 0.453. The third kappa shape index (κ3) is 3.06. The molecule has 0 spiro atoms. The summed E-state index contributed by atoms with van der Waals surface area (Å²) in [5.41, 5.74) is 2.12. The molecule has 94 valence electrons. The molecular weight excluding hydrogens is 257 g/mol. The van der Waals surface area contributed by atoms with Crippen molar-refractivity contribution in [3.8, 4) is 0 Å². The predicted molar refractivity (Wildman–Crippen MR) is 73.2 cm³/mol. The standard InChI is InChI=1S/C13H17Cl2NO/c1-9-7-16(8-10(2)17-9)12-4-3-11(6-14)13(15)5-12/h3-5,9-10H,6-8H2,1-2H3. The predicted octanol–water partition coefficient (Wildman–Crippen LogP) is 3.69. The average molecular weight is 274 g/mol. The van der Waals surface area contributed by atoms with Gasteiger partial charge in [0.2, 0.25) is 0 Å². The summed E-state index contributed by atoms with van der Waals surface area (Å²) in [6, 6.07) is 6.06. The summed E-state index contributed by atoms with van der Waals surface area (Å²) in [5, 5.41) is 0.740. The van der Waals surface area contributed by atoms with Gasteiger partial charge in [-0.25, -0.2) is 0 Å². The number of rotatable bonds is 2. The first-order valence-corrected chi connectivity index (χ1v) is 6.76. The number of alkyl halides is 1. The highest BCUT2D eigenvalue weighted by Gasteiger charge is 2.22. The minimum Gasteiger partial charge on any atom is -0.372 e. The molecule has 0 radical (unpaired) electrons. The number of benzene rings is 1. The number of ether oxygens (including phenoxy) is 1. The van der Waals surface area contributed by atoms with Gasteiger partial charge in [-0.05, 0) is 31.5 Å². The van der Waals surface area contributed by atoms with Gasteiger partial charge in [0.25, 0.3) is 0 Å². The van der Waals surface area contributed by atoms with Gasteiger partial charge in [0.05, 0.1) is 12.2 Å². The Balaban J connectivity index is 2.19. The molecule has 0 amide bonds. The lowest BCUT2D eigenvalue weighted by Crippen LogP contribution is -2.45. The SMILES string of the molecule is CC1CN(c2ccc(CCl)c(Cl)c2)CC(C)O1. The zero-order chi connectivity index (χ0) is 12.4. The molecule has 17 heavy (non-hydrogen) atoms. The first-order chi connectivity index (χ1) is 8.10. The molecule has 2 nitrogen and oxygen atoms in total. The minimum atomic E-state index is 0.255. The largest absolute Gasteiger partial charge is 0.372 e. The van der Waals surface area contributed by atoms with Gasteiger partial charge in [-0.15, -0.1) is 11.6 Å². The maximum absolute atomic E-state index is 6.18. The zero-order valence-corrected chi connectivity index (χ0v) is 11.6. The Bertz CT molecular complexity index is 387. The molecule has 1 fully saturated rings. The van der Waals surface area contributed by atoms with E-state index in [0.29, 0.717) is 5.88 Å². The molecule has 2 unspecified atom stereocenters. The molecule has 1 aromatic carbocycles. The third-order valence-corrected chi connectivity index (χ3v) is 3.61. The van der Waals surface area contributed by atoms with E-state index in [0.717, 1.165) is 29.4 Å². The minimum absolute atomic E-state index is 0.255. The first-order valence-electron chi connectivity index (χ1n) is 5.85. The Morgan fingerprint density at radius 3 is 2.47 bits per heavy atom. The second-order valence-electron chi connectivity index (χ2n) is 4.57. The Labute approximate surface area is 112 Å². The fourth-order valence-corrected chi connectivity index (χ4v) is 2.77. The second-order valence-corrected chi connectivity index (χ2v) is 5.25. The molecule has 1 aliphatic rings. The molecule has 2 rings (SSSR count). The van der Waals surface area contributed by atoms with Crippen molar-refractivity contribution in [3.63, 3.8) is 0 Å². The van der Waals surface area contributed by atoms with Crippen molar-refractivity contribution in [1.82, 2.24) is 0 Å². The van der Waals surface area contributed by atoms with E-state index in [1.165, 1.54) is 0 Å². The fourth-order valence-electron chi connectivity index (χ4n) is 2.23. The van der Waals surface area contributed by atoms with Crippen molar-refractivity contribution in [2.45, 2.75) is 31.9 Å². The maximum atomic E-state index is 6.18. The molecule has 0 aromatic heterocycles. The van der Waals surface area contributed by atoms with Crippen LogP contribution in [0.3, 0.4) is 0 Å². The molecule has 2 atom stereocenters. The van der Waals surface area contributed by atoms with Gasteiger partial charge in [0.1, 0.15) is 0 Å². The van der Waals surface area contributed by atoms with Crippen molar-refractivity contribution in [2.24, 2.45) is 0 Å². The van der Waals surface area contributed by atoms with Gasteiger partial charge < -0.3 is 9.64 Å². The smallest absolute Gasteiger partial charge is 0.0726 e. The topological polar surface area (TPSA) is 12.5 Å². The van der Waals surface area contributed by atoms with Crippen molar-refractivity contribution in [2.75, 3.05) is 18.0 Å². The molecule has 1 heterocycles. The van der Waals surface area contributed by atoms with Crippen LogP contribution in [0, 0.1) is 0 Å². The van der Waals surface area contributed by atoms with E-state index in [-0.39, 0.29) is 12.2 Å². The summed E-state index contributed by atoms with van der Waals surface area (Å²) >= 11 is 12.0. The van der Waals surface area contributed by atoms with Gasteiger partial charge in [0.15, 0.2) is 0 Å². The van der Waals surface area contributed by atoms with E-state index in [1.54, 1.807) is 0 Å². The lowest BCUT2D eigenvalue weighted by molar-refractivity contribution is -0.00521. The molecule has 1 saturated heterocycles. The van der Waals surface area contributed by atoms with Crippen LogP contribution in [0.25, 0.3) is 0 Å². The highest BCUT2D eigenvalue weighted by molar-refractivity contribution is 6.32.